The Balaban J connectivity index is 1.62. The van der Waals surface area contributed by atoms with Gasteiger partial charge in [0.25, 0.3) is 11.8 Å². The maximum atomic E-state index is 13.4. The molecule has 2 aliphatic rings. The maximum Gasteiger partial charge on any atom is 0.338 e. The van der Waals surface area contributed by atoms with Crippen LogP contribution >= 0.6 is 11.8 Å². The van der Waals surface area contributed by atoms with Crippen LogP contribution in [0.2, 0.25) is 0 Å². The van der Waals surface area contributed by atoms with Crippen molar-refractivity contribution < 1.29 is 19.1 Å². The first-order valence-electron chi connectivity index (χ1n) is 10.9. The predicted molar refractivity (Wildman–Crippen MR) is 124 cm³/mol. The molecular formula is C25H26N2O4S. The van der Waals surface area contributed by atoms with Crippen molar-refractivity contribution in [2.45, 2.75) is 38.0 Å². The highest BCUT2D eigenvalue weighted by Gasteiger charge is 2.43. The van der Waals surface area contributed by atoms with Crippen LogP contribution in [-0.2, 0) is 14.3 Å². The molecule has 0 atom stereocenters. The molecule has 0 unspecified atom stereocenters. The lowest BCUT2D eigenvalue weighted by molar-refractivity contribution is -0.121. The largest absolute Gasteiger partial charge is 0.462 e. The van der Waals surface area contributed by atoms with E-state index in [1.807, 2.05) is 43.0 Å². The standard InChI is InChI=1S/C25H26N2O4S/c1-3-16-31-25(30)18-8-10-19(11-9-18)27-23(28)21(26-14-4-5-15-26)22(24(27)29)32-20-12-6-17(2)7-13-20/h6-13H,3-5,14-16H2,1-2H3. The second kappa shape index (κ2) is 9.61. The number of carbonyl (C=O) groups excluding carboxylic acids is 3. The molecule has 0 aromatic heterocycles. The van der Waals surface area contributed by atoms with Crippen molar-refractivity contribution >= 4 is 35.2 Å². The van der Waals surface area contributed by atoms with Crippen molar-refractivity contribution in [1.82, 2.24) is 4.90 Å². The number of esters is 1. The van der Waals surface area contributed by atoms with E-state index in [0.29, 0.717) is 28.5 Å². The smallest absolute Gasteiger partial charge is 0.338 e. The van der Waals surface area contributed by atoms with Crippen LogP contribution in [0.5, 0.6) is 0 Å². The summed E-state index contributed by atoms with van der Waals surface area (Å²) in [6, 6.07) is 14.3. The minimum Gasteiger partial charge on any atom is -0.462 e. The van der Waals surface area contributed by atoms with E-state index < -0.39 is 5.97 Å². The fourth-order valence-electron chi connectivity index (χ4n) is 3.79. The van der Waals surface area contributed by atoms with Gasteiger partial charge in [0.2, 0.25) is 0 Å². The summed E-state index contributed by atoms with van der Waals surface area (Å²) in [7, 11) is 0. The number of carbonyl (C=O) groups is 3. The van der Waals surface area contributed by atoms with E-state index in [1.54, 1.807) is 24.3 Å². The Labute approximate surface area is 192 Å². The number of ether oxygens (including phenoxy) is 1. The molecule has 2 aliphatic heterocycles. The first-order chi connectivity index (χ1) is 15.5. The summed E-state index contributed by atoms with van der Waals surface area (Å²) >= 11 is 1.33. The van der Waals surface area contributed by atoms with Gasteiger partial charge in [-0.25, -0.2) is 9.69 Å². The fraction of sp³-hybridized carbons (Fsp3) is 0.320. The van der Waals surface area contributed by atoms with Crippen molar-refractivity contribution in [2.24, 2.45) is 0 Å². The Bertz CT molecular complexity index is 1050. The Morgan fingerprint density at radius 2 is 1.62 bits per heavy atom. The van der Waals surface area contributed by atoms with Gasteiger partial charge in [0, 0.05) is 18.0 Å². The van der Waals surface area contributed by atoms with Gasteiger partial charge in [0.05, 0.1) is 17.9 Å². The number of hydrogen-bond acceptors (Lipinski definition) is 6. The zero-order valence-electron chi connectivity index (χ0n) is 18.3. The molecule has 32 heavy (non-hydrogen) atoms. The lowest BCUT2D eigenvalue weighted by Gasteiger charge is -2.20. The fourth-order valence-corrected chi connectivity index (χ4v) is 4.79. The molecule has 7 heteroatoms. The lowest BCUT2D eigenvalue weighted by atomic mass is 10.2. The second-order valence-corrected chi connectivity index (χ2v) is 9.00. The van der Waals surface area contributed by atoms with Gasteiger partial charge in [-0.15, -0.1) is 0 Å². The van der Waals surface area contributed by atoms with Crippen LogP contribution in [0.4, 0.5) is 5.69 Å². The molecule has 0 spiro atoms. The van der Waals surface area contributed by atoms with Crippen LogP contribution in [0, 0.1) is 6.92 Å². The normalized spacial score (nSPS) is 16.3. The van der Waals surface area contributed by atoms with E-state index in [0.717, 1.165) is 42.8 Å². The molecule has 0 N–H and O–H groups in total. The van der Waals surface area contributed by atoms with Crippen molar-refractivity contribution in [2.75, 3.05) is 24.6 Å². The second-order valence-electron chi connectivity index (χ2n) is 7.92. The van der Waals surface area contributed by atoms with E-state index >= 15 is 0 Å². The topological polar surface area (TPSA) is 66.9 Å². The van der Waals surface area contributed by atoms with Crippen LogP contribution in [0.15, 0.2) is 64.0 Å². The molecule has 0 bridgehead atoms. The van der Waals surface area contributed by atoms with E-state index in [-0.39, 0.29) is 11.8 Å². The molecule has 0 saturated carbocycles. The number of aryl methyl sites for hydroxylation is 1. The Kier molecular flexibility index (Phi) is 6.65. The summed E-state index contributed by atoms with van der Waals surface area (Å²) in [6.45, 7) is 5.83. The van der Waals surface area contributed by atoms with Gasteiger partial charge < -0.3 is 9.64 Å². The first kappa shape index (κ1) is 22.1. The van der Waals surface area contributed by atoms with Crippen molar-refractivity contribution in [3.05, 3.63) is 70.3 Å². The molecule has 2 heterocycles. The predicted octanol–water partition coefficient (Wildman–Crippen LogP) is 4.53. The van der Waals surface area contributed by atoms with Gasteiger partial charge in [-0.05, 0) is 62.6 Å². The maximum absolute atomic E-state index is 13.4. The summed E-state index contributed by atoms with van der Waals surface area (Å²) in [5.74, 6) is -1.06. The quantitative estimate of drug-likeness (QED) is 0.456. The molecule has 2 aromatic rings. The third-order valence-electron chi connectivity index (χ3n) is 5.48. The number of imide groups is 1. The number of benzene rings is 2. The molecule has 0 aliphatic carbocycles. The zero-order valence-corrected chi connectivity index (χ0v) is 19.1. The third-order valence-corrected chi connectivity index (χ3v) is 6.56. The van der Waals surface area contributed by atoms with Crippen LogP contribution < -0.4 is 4.90 Å². The molecule has 0 radical (unpaired) electrons. The SMILES string of the molecule is CCCOC(=O)c1ccc(N2C(=O)C(Sc3ccc(C)cc3)=C(N3CCCC3)C2=O)cc1. The van der Waals surface area contributed by atoms with Crippen LogP contribution in [0.3, 0.4) is 0 Å². The van der Waals surface area contributed by atoms with Crippen molar-refractivity contribution in [1.29, 1.82) is 0 Å². The number of hydrogen-bond donors (Lipinski definition) is 0. The number of rotatable bonds is 7. The van der Waals surface area contributed by atoms with Gasteiger partial charge in [-0.2, -0.15) is 0 Å². The Hall–Kier alpha value is -3.06. The average Bonchev–Trinajstić information content (AvgIpc) is 3.40. The minimum absolute atomic E-state index is 0.312. The zero-order chi connectivity index (χ0) is 22.7. The molecule has 2 amide bonds. The minimum atomic E-state index is -0.413. The van der Waals surface area contributed by atoms with Crippen LogP contribution in [0.25, 0.3) is 0 Å². The summed E-state index contributed by atoms with van der Waals surface area (Å²) in [4.78, 5) is 43.5. The van der Waals surface area contributed by atoms with Gasteiger partial charge in [-0.1, -0.05) is 36.4 Å². The molecule has 1 fully saturated rings. The highest BCUT2D eigenvalue weighted by Crippen LogP contribution is 2.39. The Morgan fingerprint density at radius 3 is 2.25 bits per heavy atom. The van der Waals surface area contributed by atoms with Crippen molar-refractivity contribution in [3.63, 3.8) is 0 Å². The number of nitrogens with zero attached hydrogens (tertiary/aromatic N) is 2. The van der Waals surface area contributed by atoms with Gasteiger partial charge in [0.1, 0.15) is 10.6 Å². The van der Waals surface area contributed by atoms with E-state index in [9.17, 15) is 14.4 Å². The number of anilines is 1. The number of thioether (sulfide) groups is 1. The van der Waals surface area contributed by atoms with Gasteiger partial charge >= 0.3 is 5.97 Å². The summed E-state index contributed by atoms with van der Waals surface area (Å²) in [5, 5.41) is 0. The highest BCUT2D eigenvalue weighted by molar-refractivity contribution is 8.04. The summed E-state index contributed by atoms with van der Waals surface area (Å²) in [5.41, 5.74) is 2.45. The monoisotopic (exact) mass is 450 g/mol. The molecule has 2 aromatic carbocycles. The molecule has 6 nitrogen and oxygen atoms in total. The molecule has 166 valence electrons. The lowest BCUT2D eigenvalue weighted by Crippen LogP contribution is -2.34. The van der Waals surface area contributed by atoms with Crippen molar-refractivity contribution in [3.8, 4) is 0 Å². The molecular weight excluding hydrogens is 424 g/mol. The van der Waals surface area contributed by atoms with E-state index in [2.05, 4.69) is 0 Å². The van der Waals surface area contributed by atoms with Gasteiger partial charge in [0.15, 0.2) is 0 Å². The van der Waals surface area contributed by atoms with Crippen LogP contribution in [-0.4, -0.2) is 42.4 Å². The van der Waals surface area contributed by atoms with E-state index in [1.165, 1.54) is 16.7 Å². The molecule has 1 saturated heterocycles. The summed E-state index contributed by atoms with van der Waals surface area (Å²) in [6.07, 6.45) is 2.75. The van der Waals surface area contributed by atoms with Crippen LogP contribution in [0.1, 0.15) is 42.1 Å². The average molecular weight is 451 g/mol. The number of likely N-dealkylation sites (tertiary alicyclic amines) is 1. The molecule has 4 rings (SSSR count). The Morgan fingerprint density at radius 1 is 0.969 bits per heavy atom. The first-order valence-corrected chi connectivity index (χ1v) is 11.7. The van der Waals surface area contributed by atoms with E-state index in [4.69, 9.17) is 4.74 Å². The third kappa shape index (κ3) is 4.43. The highest BCUT2D eigenvalue weighted by atomic mass is 32.2. The van der Waals surface area contributed by atoms with Gasteiger partial charge in [-0.3, -0.25) is 9.59 Å². The summed E-state index contributed by atoms with van der Waals surface area (Å²) < 4.78 is 5.16. The number of amides is 2.